The van der Waals surface area contributed by atoms with E-state index in [1.807, 2.05) is 36.5 Å². The summed E-state index contributed by atoms with van der Waals surface area (Å²) in [5.74, 6) is 0.445. The maximum Gasteiger partial charge on any atom is 0.269 e. The molecule has 1 atom stereocenters. The van der Waals surface area contributed by atoms with E-state index in [1.54, 1.807) is 16.8 Å². The van der Waals surface area contributed by atoms with E-state index >= 15 is 0 Å². The maximum atomic E-state index is 13.1. The third-order valence-electron chi connectivity index (χ3n) is 6.35. The third-order valence-corrected chi connectivity index (χ3v) is 6.35. The van der Waals surface area contributed by atoms with Gasteiger partial charge in [0, 0.05) is 55.1 Å². The third kappa shape index (κ3) is 6.56. The van der Waals surface area contributed by atoms with Crippen LogP contribution in [0.2, 0.25) is 0 Å². The topological polar surface area (TPSA) is 103 Å². The van der Waals surface area contributed by atoms with Gasteiger partial charge in [-0.1, -0.05) is 32.0 Å². The van der Waals surface area contributed by atoms with Gasteiger partial charge < -0.3 is 10.1 Å². The number of nitro groups is 1. The van der Waals surface area contributed by atoms with Crippen molar-refractivity contribution in [1.82, 2.24) is 20.0 Å². The fourth-order valence-electron chi connectivity index (χ4n) is 4.55. The molecule has 190 valence electrons. The highest BCUT2D eigenvalue weighted by Gasteiger charge is 2.23. The first-order valence-electron chi connectivity index (χ1n) is 12.4. The number of amides is 1. The Hall–Kier alpha value is -3.56. The molecule has 36 heavy (non-hydrogen) atoms. The van der Waals surface area contributed by atoms with Crippen LogP contribution in [0.5, 0.6) is 0 Å². The predicted octanol–water partition coefficient (Wildman–Crippen LogP) is 3.85. The lowest BCUT2D eigenvalue weighted by Gasteiger charge is -2.35. The number of aromatic nitrogens is 2. The van der Waals surface area contributed by atoms with Gasteiger partial charge in [-0.2, -0.15) is 5.10 Å². The molecule has 0 aliphatic carbocycles. The Morgan fingerprint density at radius 3 is 2.44 bits per heavy atom. The number of benzene rings is 2. The molecule has 9 nitrogen and oxygen atoms in total. The number of ether oxygens (including phenoxy) is 1. The van der Waals surface area contributed by atoms with E-state index in [-0.39, 0.29) is 24.1 Å². The first-order valence-corrected chi connectivity index (χ1v) is 12.4. The van der Waals surface area contributed by atoms with Crippen molar-refractivity contribution in [3.8, 4) is 16.9 Å². The molecule has 1 aromatic heterocycles. The minimum atomic E-state index is -0.428. The Balaban J connectivity index is 1.52. The highest BCUT2D eigenvalue weighted by atomic mass is 16.6. The lowest BCUT2D eigenvalue weighted by Crippen LogP contribution is -2.49. The van der Waals surface area contributed by atoms with E-state index in [4.69, 9.17) is 9.84 Å². The largest absolute Gasteiger partial charge is 0.379 e. The number of carbonyl (C=O) groups excluding carboxylic acids is 1. The molecule has 1 amide bonds. The highest BCUT2D eigenvalue weighted by Crippen LogP contribution is 2.26. The summed E-state index contributed by atoms with van der Waals surface area (Å²) >= 11 is 0. The molecule has 4 rings (SSSR count). The normalized spacial score (nSPS) is 15.1. The van der Waals surface area contributed by atoms with E-state index in [0.29, 0.717) is 18.2 Å². The number of hydrogen-bond acceptors (Lipinski definition) is 6. The van der Waals surface area contributed by atoms with Gasteiger partial charge in [0.2, 0.25) is 5.91 Å². The molecule has 3 aromatic rings. The smallest absolute Gasteiger partial charge is 0.269 e. The predicted molar refractivity (Wildman–Crippen MR) is 138 cm³/mol. The van der Waals surface area contributed by atoms with Gasteiger partial charge in [0.05, 0.1) is 35.9 Å². The molecule has 1 saturated heterocycles. The zero-order chi connectivity index (χ0) is 25.5. The second-order valence-corrected chi connectivity index (χ2v) is 9.50. The van der Waals surface area contributed by atoms with Crippen LogP contribution < -0.4 is 5.32 Å². The van der Waals surface area contributed by atoms with Crippen molar-refractivity contribution in [3.63, 3.8) is 0 Å². The number of carbonyl (C=O) groups is 1. The summed E-state index contributed by atoms with van der Waals surface area (Å²) in [5, 5.41) is 18.9. The average molecular weight is 492 g/mol. The van der Waals surface area contributed by atoms with Crippen LogP contribution >= 0.6 is 0 Å². The number of nitrogens with zero attached hydrogens (tertiary/aromatic N) is 4. The molecule has 1 fully saturated rings. The van der Waals surface area contributed by atoms with Crippen molar-refractivity contribution >= 4 is 11.6 Å². The number of rotatable bonds is 10. The second kappa shape index (κ2) is 11.9. The van der Waals surface area contributed by atoms with Gasteiger partial charge in [-0.15, -0.1) is 0 Å². The Morgan fingerprint density at radius 1 is 1.11 bits per heavy atom. The minimum Gasteiger partial charge on any atom is -0.379 e. The number of non-ortho nitro benzene ring substituents is 1. The molecular weight excluding hydrogens is 458 g/mol. The van der Waals surface area contributed by atoms with E-state index in [9.17, 15) is 14.9 Å². The maximum absolute atomic E-state index is 13.1. The molecule has 0 radical (unpaired) electrons. The summed E-state index contributed by atoms with van der Waals surface area (Å²) < 4.78 is 7.24. The number of hydrogen-bond donors (Lipinski definition) is 1. The lowest BCUT2D eigenvalue weighted by atomic mass is 10.0. The van der Waals surface area contributed by atoms with Gasteiger partial charge in [0.1, 0.15) is 0 Å². The highest BCUT2D eigenvalue weighted by molar-refractivity contribution is 5.81. The van der Waals surface area contributed by atoms with Crippen LogP contribution in [-0.4, -0.2) is 64.4 Å². The molecule has 1 aliphatic heterocycles. The molecule has 0 saturated carbocycles. The summed E-state index contributed by atoms with van der Waals surface area (Å²) in [5.41, 5.74) is 3.01. The van der Waals surface area contributed by atoms with Gasteiger partial charge >= 0.3 is 0 Å². The summed E-state index contributed by atoms with van der Waals surface area (Å²) in [6, 6.07) is 16.2. The van der Waals surface area contributed by atoms with Gasteiger partial charge in [0.15, 0.2) is 0 Å². The molecule has 9 heteroatoms. The van der Waals surface area contributed by atoms with Crippen LogP contribution in [-0.2, 0) is 16.0 Å². The Kier molecular flexibility index (Phi) is 8.45. The van der Waals surface area contributed by atoms with Gasteiger partial charge in [-0.05, 0) is 36.6 Å². The molecule has 2 aromatic carbocycles. The SMILES string of the molecule is CC(C)C[C@@H](CNC(=O)Cc1cn(-c2ccccc2)nc1-c1ccc([N+](=O)[O-])cc1)N1CCOCC1. The van der Waals surface area contributed by atoms with Gasteiger partial charge in [-0.25, -0.2) is 4.68 Å². The van der Waals surface area contributed by atoms with Crippen LogP contribution in [0.15, 0.2) is 60.8 Å². The van der Waals surface area contributed by atoms with Crippen molar-refractivity contribution in [2.75, 3.05) is 32.8 Å². The van der Waals surface area contributed by atoms with E-state index in [2.05, 4.69) is 24.1 Å². The standard InChI is InChI=1S/C27H33N5O4/c1-20(2)16-25(30-12-14-36-15-13-30)18-28-26(33)17-22-19-31(23-6-4-3-5-7-23)29-27(22)21-8-10-24(11-9-21)32(34)35/h3-11,19-20,25H,12-18H2,1-2H3,(H,28,33)/t25-/m0/s1. The fraction of sp³-hybridized carbons (Fsp3) is 0.407. The summed E-state index contributed by atoms with van der Waals surface area (Å²) in [4.78, 5) is 26.1. The van der Waals surface area contributed by atoms with Crippen molar-refractivity contribution in [2.24, 2.45) is 5.92 Å². The van der Waals surface area contributed by atoms with Crippen LogP contribution in [0.3, 0.4) is 0 Å². The number of nitrogens with one attached hydrogen (secondary N) is 1. The first-order chi connectivity index (χ1) is 17.4. The molecular formula is C27H33N5O4. The fourth-order valence-corrected chi connectivity index (χ4v) is 4.55. The summed E-state index contributed by atoms with van der Waals surface area (Å²) in [6.45, 7) is 8.17. The van der Waals surface area contributed by atoms with E-state index < -0.39 is 4.92 Å². The summed E-state index contributed by atoms with van der Waals surface area (Å²) in [6.07, 6.45) is 3.02. The first kappa shape index (κ1) is 25.5. The molecule has 1 aliphatic rings. The van der Waals surface area contributed by atoms with Gasteiger partial charge in [0.25, 0.3) is 5.69 Å². The quantitative estimate of drug-likeness (QED) is 0.341. The number of para-hydroxylation sites is 1. The van der Waals surface area contributed by atoms with Crippen molar-refractivity contribution in [1.29, 1.82) is 0 Å². The second-order valence-electron chi connectivity index (χ2n) is 9.50. The monoisotopic (exact) mass is 491 g/mol. The van der Waals surface area contributed by atoms with E-state index in [0.717, 1.165) is 49.5 Å². The number of nitro benzene ring substituents is 1. The van der Waals surface area contributed by atoms with Crippen LogP contribution in [0, 0.1) is 16.0 Å². The Morgan fingerprint density at radius 2 is 1.81 bits per heavy atom. The van der Waals surface area contributed by atoms with E-state index in [1.165, 1.54) is 12.1 Å². The van der Waals surface area contributed by atoms with Crippen molar-refractivity contribution < 1.29 is 14.5 Å². The van der Waals surface area contributed by atoms with Crippen LogP contribution in [0.1, 0.15) is 25.8 Å². The molecule has 0 unspecified atom stereocenters. The Bertz CT molecular complexity index is 1150. The summed E-state index contributed by atoms with van der Waals surface area (Å²) in [7, 11) is 0. The molecule has 2 heterocycles. The van der Waals surface area contributed by atoms with Crippen LogP contribution in [0.4, 0.5) is 5.69 Å². The number of morpholine rings is 1. The zero-order valence-electron chi connectivity index (χ0n) is 20.8. The average Bonchev–Trinajstić information content (AvgIpc) is 3.31. The Labute approximate surface area is 211 Å². The molecule has 0 bridgehead atoms. The molecule has 0 spiro atoms. The van der Waals surface area contributed by atoms with Crippen molar-refractivity contribution in [2.45, 2.75) is 32.7 Å². The van der Waals surface area contributed by atoms with Crippen LogP contribution in [0.25, 0.3) is 16.9 Å². The molecule has 1 N–H and O–H groups in total. The minimum absolute atomic E-state index is 0.0137. The van der Waals surface area contributed by atoms with Crippen molar-refractivity contribution in [3.05, 3.63) is 76.5 Å². The zero-order valence-corrected chi connectivity index (χ0v) is 20.8. The van der Waals surface area contributed by atoms with Gasteiger partial charge in [-0.3, -0.25) is 19.8 Å². The lowest BCUT2D eigenvalue weighted by molar-refractivity contribution is -0.384.